The summed E-state index contributed by atoms with van der Waals surface area (Å²) in [5.74, 6) is -1.32. The van der Waals surface area contributed by atoms with Gasteiger partial charge in [0.25, 0.3) is 0 Å². The van der Waals surface area contributed by atoms with Crippen molar-refractivity contribution in [3.05, 3.63) is 0 Å². The number of nitrogens with one attached hydrogen (secondary N) is 1. The number of rotatable bonds is 5. The lowest BCUT2D eigenvalue weighted by Gasteiger charge is -2.21. The molecule has 6 heteroatoms. The zero-order valence-electron chi connectivity index (χ0n) is 9.35. The number of aliphatic hydroxyl groups is 1. The highest BCUT2D eigenvalue weighted by Crippen LogP contribution is 2.17. The first-order valence-electron chi connectivity index (χ1n) is 5.47. The van der Waals surface area contributed by atoms with Gasteiger partial charge in [-0.1, -0.05) is 6.92 Å². The molecule has 0 aromatic heterocycles. The van der Waals surface area contributed by atoms with Crippen molar-refractivity contribution >= 4 is 11.9 Å². The van der Waals surface area contributed by atoms with Gasteiger partial charge in [0.15, 0.2) is 0 Å². The van der Waals surface area contributed by atoms with E-state index in [2.05, 4.69) is 5.32 Å². The Morgan fingerprint density at radius 1 is 1.50 bits per heavy atom. The molecule has 0 bridgehead atoms. The van der Waals surface area contributed by atoms with Gasteiger partial charge in [-0.3, -0.25) is 4.79 Å². The van der Waals surface area contributed by atoms with Crippen LogP contribution in [0, 0.1) is 0 Å². The van der Waals surface area contributed by atoms with E-state index in [1.807, 2.05) is 6.92 Å². The minimum atomic E-state index is -1.06. The van der Waals surface area contributed by atoms with Crippen molar-refractivity contribution in [3.8, 4) is 0 Å². The van der Waals surface area contributed by atoms with Gasteiger partial charge < -0.3 is 20.4 Å². The lowest BCUT2D eigenvalue weighted by Crippen LogP contribution is -2.44. The van der Waals surface area contributed by atoms with Crippen LogP contribution >= 0.6 is 0 Å². The average Bonchev–Trinajstić information content (AvgIpc) is 2.61. The summed E-state index contributed by atoms with van der Waals surface area (Å²) in [6, 6.07) is -0.883. The molecule has 1 saturated heterocycles. The lowest BCUT2D eigenvalue weighted by molar-refractivity contribution is -0.147. The maximum Gasteiger partial charge on any atom is 0.326 e. The molecule has 0 unspecified atom stereocenters. The van der Waals surface area contributed by atoms with Gasteiger partial charge in [0.2, 0.25) is 5.91 Å². The smallest absolute Gasteiger partial charge is 0.326 e. The van der Waals surface area contributed by atoms with Crippen LogP contribution in [0.5, 0.6) is 0 Å². The minimum Gasteiger partial charge on any atom is -0.480 e. The molecule has 0 spiro atoms. The van der Waals surface area contributed by atoms with Crippen molar-refractivity contribution in [2.75, 3.05) is 19.6 Å². The van der Waals surface area contributed by atoms with E-state index in [1.54, 1.807) is 0 Å². The van der Waals surface area contributed by atoms with Crippen LogP contribution in [-0.4, -0.2) is 58.8 Å². The zero-order valence-corrected chi connectivity index (χ0v) is 9.35. The predicted molar refractivity (Wildman–Crippen MR) is 56.9 cm³/mol. The van der Waals surface area contributed by atoms with Crippen LogP contribution in [0.15, 0.2) is 0 Å². The summed E-state index contributed by atoms with van der Waals surface area (Å²) in [5, 5.41) is 21.2. The van der Waals surface area contributed by atoms with Crippen LogP contribution in [0.25, 0.3) is 0 Å². The molecule has 0 radical (unpaired) electrons. The fourth-order valence-corrected chi connectivity index (χ4v) is 1.80. The number of hydrogen-bond donors (Lipinski definition) is 3. The third-order valence-electron chi connectivity index (χ3n) is 2.59. The van der Waals surface area contributed by atoms with Gasteiger partial charge in [-0.25, -0.2) is 4.79 Å². The van der Waals surface area contributed by atoms with Crippen molar-refractivity contribution in [2.24, 2.45) is 0 Å². The van der Waals surface area contributed by atoms with Crippen LogP contribution in [-0.2, 0) is 9.59 Å². The van der Waals surface area contributed by atoms with Crippen LogP contribution in [0.1, 0.15) is 19.8 Å². The van der Waals surface area contributed by atoms with Crippen molar-refractivity contribution in [1.29, 1.82) is 0 Å². The average molecular weight is 230 g/mol. The molecule has 1 heterocycles. The number of carboxylic acid groups (broad SMARTS) is 1. The Morgan fingerprint density at radius 3 is 2.75 bits per heavy atom. The van der Waals surface area contributed by atoms with Gasteiger partial charge in [0.1, 0.15) is 6.04 Å². The van der Waals surface area contributed by atoms with Crippen molar-refractivity contribution in [3.63, 3.8) is 0 Å². The molecule has 1 fully saturated rings. The number of aliphatic hydroxyl groups excluding tert-OH is 1. The standard InChI is InChI=1S/C10H18N2O4/c1-2-3-11-5-9(14)12-6-7(13)4-8(12)10(15)16/h7-8,11,13H,2-6H2,1H3,(H,15,16)/t7-,8+/m1/s1. The van der Waals surface area contributed by atoms with Gasteiger partial charge in [-0.2, -0.15) is 0 Å². The highest BCUT2D eigenvalue weighted by Gasteiger charge is 2.38. The third kappa shape index (κ3) is 3.18. The molecule has 6 nitrogen and oxygen atoms in total. The van der Waals surface area contributed by atoms with E-state index in [1.165, 1.54) is 4.90 Å². The van der Waals surface area contributed by atoms with E-state index >= 15 is 0 Å². The number of carbonyl (C=O) groups is 2. The lowest BCUT2D eigenvalue weighted by atomic mass is 10.2. The number of carbonyl (C=O) groups excluding carboxylic acids is 1. The second-order valence-electron chi connectivity index (χ2n) is 3.97. The molecule has 0 aromatic carbocycles. The Bertz CT molecular complexity index is 270. The minimum absolute atomic E-state index is 0.115. The largest absolute Gasteiger partial charge is 0.480 e. The Morgan fingerprint density at radius 2 is 2.19 bits per heavy atom. The number of β-amino-alcohol motifs (C(OH)–C–C–N with tert-alkyl or cyclic N) is 1. The number of hydrogen-bond acceptors (Lipinski definition) is 4. The molecule has 16 heavy (non-hydrogen) atoms. The second kappa shape index (κ2) is 5.81. The van der Waals surface area contributed by atoms with Crippen LogP contribution < -0.4 is 5.32 Å². The van der Waals surface area contributed by atoms with Crippen LogP contribution in [0.3, 0.4) is 0 Å². The maximum atomic E-state index is 11.7. The highest BCUT2D eigenvalue weighted by molar-refractivity contribution is 5.85. The fourth-order valence-electron chi connectivity index (χ4n) is 1.80. The van der Waals surface area contributed by atoms with Gasteiger partial charge in [0, 0.05) is 13.0 Å². The monoisotopic (exact) mass is 230 g/mol. The summed E-state index contributed by atoms with van der Waals surface area (Å²) >= 11 is 0. The second-order valence-corrected chi connectivity index (χ2v) is 3.97. The van der Waals surface area contributed by atoms with Crippen LogP contribution in [0.4, 0.5) is 0 Å². The Kier molecular flexibility index (Phi) is 4.70. The molecular weight excluding hydrogens is 212 g/mol. The van der Waals surface area contributed by atoms with E-state index in [9.17, 15) is 14.7 Å². The van der Waals surface area contributed by atoms with E-state index < -0.39 is 18.1 Å². The summed E-state index contributed by atoms with van der Waals surface area (Å²) in [6.45, 7) is 2.95. The molecule has 92 valence electrons. The van der Waals surface area contributed by atoms with E-state index in [4.69, 9.17) is 5.11 Å². The summed E-state index contributed by atoms with van der Waals surface area (Å²) in [4.78, 5) is 23.8. The van der Waals surface area contributed by atoms with E-state index in [-0.39, 0.29) is 25.4 Å². The third-order valence-corrected chi connectivity index (χ3v) is 2.59. The van der Waals surface area contributed by atoms with E-state index in [0.717, 1.165) is 13.0 Å². The normalized spacial score (nSPS) is 24.8. The van der Waals surface area contributed by atoms with Crippen molar-refractivity contribution in [1.82, 2.24) is 10.2 Å². The summed E-state index contributed by atoms with van der Waals surface area (Å²) in [7, 11) is 0. The van der Waals surface area contributed by atoms with Crippen LogP contribution in [0.2, 0.25) is 0 Å². The maximum absolute atomic E-state index is 11.7. The topological polar surface area (TPSA) is 89.9 Å². The van der Waals surface area contributed by atoms with Crippen molar-refractivity contribution < 1.29 is 19.8 Å². The molecule has 1 amide bonds. The first kappa shape index (κ1) is 12.9. The molecule has 0 aromatic rings. The van der Waals surface area contributed by atoms with Gasteiger partial charge in [-0.15, -0.1) is 0 Å². The predicted octanol–water partition coefficient (Wildman–Crippen LogP) is -0.968. The summed E-state index contributed by atoms with van der Waals surface area (Å²) in [6.07, 6.45) is 0.309. The molecule has 0 aliphatic carbocycles. The first-order valence-corrected chi connectivity index (χ1v) is 5.47. The molecule has 1 aliphatic rings. The number of amides is 1. The highest BCUT2D eigenvalue weighted by atomic mass is 16.4. The molecule has 2 atom stereocenters. The van der Waals surface area contributed by atoms with Gasteiger partial charge in [-0.05, 0) is 13.0 Å². The first-order chi connectivity index (χ1) is 7.56. The number of likely N-dealkylation sites (tertiary alicyclic amines) is 1. The molecule has 0 saturated carbocycles. The quantitative estimate of drug-likeness (QED) is 0.529. The van der Waals surface area contributed by atoms with Gasteiger partial charge in [0.05, 0.1) is 12.6 Å². The SMILES string of the molecule is CCCNCC(=O)N1C[C@H](O)C[C@H]1C(=O)O. The Balaban J connectivity index is 2.50. The molecular formula is C10H18N2O4. The number of carboxylic acids is 1. The van der Waals surface area contributed by atoms with E-state index in [0.29, 0.717) is 0 Å². The number of aliphatic carboxylic acids is 1. The molecule has 1 aliphatic heterocycles. The molecule has 3 N–H and O–H groups in total. The zero-order chi connectivity index (χ0) is 12.1. The van der Waals surface area contributed by atoms with Gasteiger partial charge >= 0.3 is 5.97 Å². The summed E-state index contributed by atoms with van der Waals surface area (Å²) in [5.41, 5.74) is 0. The summed E-state index contributed by atoms with van der Waals surface area (Å²) < 4.78 is 0. The Hall–Kier alpha value is -1.14. The molecule has 1 rings (SSSR count). The van der Waals surface area contributed by atoms with Crippen molar-refractivity contribution in [2.45, 2.75) is 31.9 Å². The fraction of sp³-hybridized carbons (Fsp3) is 0.800. The Labute approximate surface area is 94.2 Å². The number of nitrogens with zero attached hydrogens (tertiary/aromatic N) is 1.